The first kappa shape index (κ1) is 13.5. The average molecular weight is 300 g/mol. The number of rotatable bonds is 4. The number of carbonyl (C=O) groups is 2. The van der Waals surface area contributed by atoms with Crippen molar-refractivity contribution < 1.29 is 9.59 Å². The number of urea groups is 1. The van der Waals surface area contributed by atoms with E-state index in [0.29, 0.717) is 6.54 Å². The summed E-state index contributed by atoms with van der Waals surface area (Å²) in [6, 6.07) is 6.95. The van der Waals surface area contributed by atoms with Crippen molar-refractivity contribution in [2.45, 2.75) is 6.92 Å². The van der Waals surface area contributed by atoms with Gasteiger partial charge in [-0.15, -0.1) is 0 Å². The molecule has 0 aliphatic rings. The zero-order chi connectivity index (χ0) is 12.7. The summed E-state index contributed by atoms with van der Waals surface area (Å²) in [5, 5.41) is 7.59. The Morgan fingerprint density at radius 2 is 2.12 bits per heavy atom. The van der Waals surface area contributed by atoms with Crippen molar-refractivity contribution in [3.8, 4) is 0 Å². The molecule has 0 aromatic heterocycles. The molecule has 3 N–H and O–H groups in total. The Morgan fingerprint density at radius 1 is 1.35 bits per heavy atom. The van der Waals surface area contributed by atoms with Crippen LogP contribution in [0.2, 0.25) is 0 Å². The second-order valence-electron chi connectivity index (χ2n) is 3.27. The van der Waals surface area contributed by atoms with Gasteiger partial charge in [-0.3, -0.25) is 10.1 Å². The minimum absolute atomic E-state index is 0.0492. The first-order valence-electron chi connectivity index (χ1n) is 5.19. The first-order valence-corrected chi connectivity index (χ1v) is 5.98. The summed E-state index contributed by atoms with van der Waals surface area (Å²) in [5.74, 6) is -0.379. The lowest BCUT2D eigenvalue weighted by atomic mass is 10.3. The number of imide groups is 1. The van der Waals surface area contributed by atoms with E-state index in [2.05, 4.69) is 31.9 Å². The van der Waals surface area contributed by atoms with E-state index >= 15 is 0 Å². The molecule has 0 spiro atoms. The number of benzene rings is 1. The van der Waals surface area contributed by atoms with Gasteiger partial charge < -0.3 is 10.6 Å². The summed E-state index contributed by atoms with van der Waals surface area (Å²) in [7, 11) is 0. The summed E-state index contributed by atoms with van der Waals surface area (Å²) in [4.78, 5) is 22.4. The standard InChI is InChI=1S/C11H14BrN3O2/c1-2-13-11(17)15-10(16)7-14-9-5-3-4-8(12)6-9/h3-6,14H,2,7H2,1H3,(H2,13,15,16,17). The van der Waals surface area contributed by atoms with Gasteiger partial charge in [-0.05, 0) is 25.1 Å². The van der Waals surface area contributed by atoms with E-state index < -0.39 is 6.03 Å². The summed E-state index contributed by atoms with van der Waals surface area (Å²) >= 11 is 3.33. The molecule has 17 heavy (non-hydrogen) atoms. The lowest BCUT2D eigenvalue weighted by Gasteiger charge is -2.07. The predicted molar refractivity (Wildman–Crippen MR) is 69.8 cm³/mol. The molecule has 6 heteroatoms. The fourth-order valence-corrected chi connectivity index (χ4v) is 1.56. The van der Waals surface area contributed by atoms with Gasteiger partial charge in [0.25, 0.3) is 0 Å². The highest BCUT2D eigenvalue weighted by atomic mass is 79.9. The van der Waals surface area contributed by atoms with E-state index in [4.69, 9.17) is 0 Å². The molecule has 92 valence electrons. The minimum atomic E-state index is -0.478. The lowest BCUT2D eigenvalue weighted by Crippen LogP contribution is -2.41. The zero-order valence-corrected chi connectivity index (χ0v) is 11.0. The maximum absolute atomic E-state index is 11.3. The van der Waals surface area contributed by atoms with Crippen LogP contribution in [0.25, 0.3) is 0 Å². The second kappa shape index (κ2) is 6.90. The molecule has 0 fully saturated rings. The number of hydrogen-bond donors (Lipinski definition) is 3. The van der Waals surface area contributed by atoms with E-state index in [9.17, 15) is 9.59 Å². The molecule has 3 amide bonds. The van der Waals surface area contributed by atoms with Gasteiger partial charge in [0.2, 0.25) is 5.91 Å². The quantitative estimate of drug-likeness (QED) is 0.793. The summed E-state index contributed by atoms with van der Waals surface area (Å²) in [6.45, 7) is 2.32. The Hall–Kier alpha value is -1.56. The van der Waals surface area contributed by atoms with Gasteiger partial charge in [0.05, 0.1) is 6.54 Å². The SMILES string of the molecule is CCNC(=O)NC(=O)CNc1cccc(Br)c1. The van der Waals surface area contributed by atoms with E-state index in [1.807, 2.05) is 24.3 Å². The van der Waals surface area contributed by atoms with Gasteiger partial charge in [0, 0.05) is 16.7 Å². The fourth-order valence-electron chi connectivity index (χ4n) is 1.16. The molecule has 0 aliphatic carbocycles. The lowest BCUT2D eigenvalue weighted by molar-refractivity contribution is -0.118. The molecule has 1 rings (SSSR count). The number of amides is 3. The highest BCUT2D eigenvalue weighted by molar-refractivity contribution is 9.10. The van der Waals surface area contributed by atoms with Crippen molar-refractivity contribution in [3.63, 3.8) is 0 Å². The third-order valence-electron chi connectivity index (χ3n) is 1.87. The Labute approximate surface area is 108 Å². The van der Waals surface area contributed by atoms with Crippen LogP contribution in [0.5, 0.6) is 0 Å². The Bertz CT molecular complexity index is 409. The van der Waals surface area contributed by atoms with E-state index in [-0.39, 0.29) is 12.5 Å². The summed E-state index contributed by atoms with van der Waals surface area (Å²) < 4.78 is 0.923. The monoisotopic (exact) mass is 299 g/mol. The van der Waals surface area contributed by atoms with Gasteiger partial charge in [-0.25, -0.2) is 4.79 Å². The topological polar surface area (TPSA) is 70.2 Å². The molecule has 0 aliphatic heterocycles. The van der Waals surface area contributed by atoms with Crippen LogP contribution in [0.3, 0.4) is 0 Å². The Balaban J connectivity index is 2.35. The number of anilines is 1. The van der Waals surface area contributed by atoms with Gasteiger partial charge in [-0.1, -0.05) is 22.0 Å². The van der Waals surface area contributed by atoms with Crippen LogP contribution < -0.4 is 16.0 Å². The largest absolute Gasteiger partial charge is 0.376 e. The van der Waals surface area contributed by atoms with Gasteiger partial charge in [0.1, 0.15) is 0 Å². The minimum Gasteiger partial charge on any atom is -0.376 e. The van der Waals surface area contributed by atoms with Gasteiger partial charge in [-0.2, -0.15) is 0 Å². The number of nitrogens with one attached hydrogen (secondary N) is 3. The van der Waals surface area contributed by atoms with Crippen LogP contribution >= 0.6 is 15.9 Å². The zero-order valence-electron chi connectivity index (χ0n) is 9.42. The van der Waals surface area contributed by atoms with Crippen molar-refractivity contribution in [3.05, 3.63) is 28.7 Å². The summed E-state index contributed by atoms with van der Waals surface area (Å²) in [5.41, 5.74) is 0.811. The Morgan fingerprint density at radius 3 is 2.76 bits per heavy atom. The third-order valence-corrected chi connectivity index (χ3v) is 2.36. The smallest absolute Gasteiger partial charge is 0.321 e. The first-order chi connectivity index (χ1) is 8.11. The van der Waals surface area contributed by atoms with Crippen LogP contribution in [-0.4, -0.2) is 25.0 Å². The van der Waals surface area contributed by atoms with E-state index in [1.165, 1.54) is 0 Å². The van der Waals surface area contributed by atoms with Crippen LogP contribution in [0.15, 0.2) is 28.7 Å². The average Bonchev–Trinajstić information content (AvgIpc) is 2.27. The van der Waals surface area contributed by atoms with Crippen molar-refractivity contribution in [2.24, 2.45) is 0 Å². The number of hydrogen-bond acceptors (Lipinski definition) is 3. The van der Waals surface area contributed by atoms with Crippen molar-refractivity contribution >= 4 is 33.6 Å². The van der Waals surface area contributed by atoms with E-state index in [1.54, 1.807) is 6.92 Å². The summed E-state index contributed by atoms with van der Waals surface area (Å²) in [6.07, 6.45) is 0. The molecule has 1 aromatic carbocycles. The fraction of sp³-hybridized carbons (Fsp3) is 0.273. The number of halogens is 1. The molecular weight excluding hydrogens is 286 g/mol. The second-order valence-corrected chi connectivity index (χ2v) is 4.19. The molecular formula is C11H14BrN3O2. The van der Waals surface area contributed by atoms with Crippen molar-refractivity contribution in [1.29, 1.82) is 0 Å². The van der Waals surface area contributed by atoms with Crippen LogP contribution in [-0.2, 0) is 4.79 Å². The molecule has 0 heterocycles. The van der Waals surface area contributed by atoms with E-state index in [0.717, 1.165) is 10.2 Å². The van der Waals surface area contributed by atoms with Gasteiger partial charge >= 0.3 is 6.03 Å². The van der Waals surface area contributed by atoms with Crippen molar-refractivity contribution in [2.75, 3.05) is 18.4 Å². The van der Waals surface area contributed by atoms with Crippen LogP contribution in [0.1, 0.15) is 6.92 Å². The van der Waals surface area contributed by atoms with Gasteiger partial charge in [0.15, 0.2) is 0 Å². The van der Waals surface area contributed by atoms with Crippen LogP contribution in [0, 0.1) is 0 Å². The normalized spacial score (nSPS) is 9.53. The molecule has 0 saturated carbocycles. The third kappa shape index (κ3) is 5.35. The maximum Gasteiger partial charge on any atom is 0.321 e. The number of carbonyl (C=O) groups excluding carboxylic acids is 2. The molecule has 0 unspecified atom stereocenters. The molecule has 0 atom stereocenters. The maximum atomic E-state index is 11.3. The molecule has 0 saturated heterocycles. The molecule has 0 radical (unpaired) electrons. The predicted octanol–water partition coefficient (Wildman–Crippen LogP) is 1.71. The molecule has 0 bridgehead atoms. The highest BCUT2D eigenvalue weighted by Crippen LogP contribution is 2.14. The molecule has 1 aromatic rings. The van der Waals surface area contributed by atoms with Crippen LogP contribution in [0.4, 0.5) is 10.5 Å². The Kier molecular flexibility index (Phi) is 5.48. The molecule has 5 nitrogen and oxygen atoms in total. The van der Waals surface area contributed by atoms with Crippen molar-refractivity contribution in [1.82, 2.24) is 10.6 Å². The highest BCUT2D eigenvalue weighted by Gasteiger charge is 2.05.